The van der Waals surface area contributed by atoms with Gasteiger partial charge in [-0.3, -0.25) is 4.79 Å². The average molecular weight is 269 g/mol. The molecule has 0 radical (unpaired) electrons. The zero-order chi connectivity index (χ0) is 14.4. The third kappa shape index (κ3) is 5.49. The molecule has 1 atom stereocenters. The first kappa shape index (κ1) is 16.4. The van der Waals surface area contributed by atoms with Crippen molar-refractivity contribution < 1.29 is 4.79 Å². The molecule has 1 heterocycles. The molecular weight excluding hydrogens is 238 g/mol. The van der Waals surface area contributed by atoms with E-state index in [1.807, 2.05) is 11.9 Å². The number of nitrogens with zero attached hydrogens (tertiary/aromatic N) is 2. The van der Waals surface area contributed by atoms with Crippen LogP contribution < -0.4 is 5.73 Å². The minimum absolute atomic E-state index is 0.00346. The molecule has 0 aromatic carbocycles. The quantitative estimate of drug-likeness (QED) is 0.793. The molecule has 1 aliphatic rings. The van der Waals surface area contributed by atoms with E-state index < -0.39 is 0 Å². The van der Waals surface area contributed by atoms with Crippen LogP contribution in [-0.4, -0.2) is 56.0 Å². The van der Waals surface area contributed by atoms with Crippen LogP contribution in [0.4, 0.5) is 0 Å². The number of carbonyl (C=O) groups excluding carboxylic acids is 1. The van der Waals surface area contributed by atoms with Crippen LogP contribution >= 0.6 is 0 Å². The van der Waals surface area contributed by atoms with Crippen LogP contribution in [0.1, 0.15) is 33.1 Å². The number of piperidine rings is 1. The predicted molar refractivity (Wildman–Crippen MR) is 79.9 cm³/mol. The van der Waals surface area contributed by atoms with E-state index in [-0.39, 0.29) is 11.8 Å². The molecule has 112 valence electrons. The van der Waals surface area contributed by atoms with Crippen LogP contribution in [0.15, 0.2) is 0 Å². The molecule has 1 fully saturated rings. The molecule has 0 aromatic heterocycles. The molecule has 2 N–H and O–H groups in total. The van der Waals surface area contributed by atoms with Gasteiger partial charge in [0.05, 0.1) is 5.92 Å². The highest BCUT2D eigenvalue weighted by Gasteiger charge is 2.25. The van der Waals surface area contributed by atoms with E-state index in [4.69, 9.17) is 5.73 Å². The van der Waals surface area contributed by atoms with Crippen molar-refractivity contribution >= 4 is 5.91 Å². The van der Waals surface area contributed by atoms with Crippen molar-refractivity contribution in [1.82, 2.24) is 9.80 Å². The summed E-state index contributed by atoms with van der Waals surface area (Å²) in [6.45, 7) is 7.95. The first-order valence-electron chi connectivity index (χ1n) is 7.57. The van der Waals surface area contributed by atoms with Gasteiger partial charge in [0.25, 0.3) is 0 Å². The van der Waals surface area contributed by atoms with Gasteiger partial charge in [-0.2, -0.15) is 0 Å². The summed E-state index contributed by atoms with van der Waals surface area (Å²) in [6, 6.07) is 0. The van der Waals surface area contributed by atoms with E-state index in [2.05, 4.69) is 25.8 Å². The van der Waals surface area contributed by atoms with Crippen molar-refractivity contribution in [3.63, 3.8) is 0 Å². The predicted octanol–water partition coefficient (Wildman–Crippen LogP) is 1.41. The van der Waals surface area contributed by atoms with Gasteiger partial charge >= 0.3 is 0 Å². The second kappa shape index (κ2) is 7.85. The Bertz CT molecular complexity index is 273. The third-order valence-electron chi connectivity index (χ3n) is 4.14. The summed E-state index contributed by atoms with van der Waals surface area (Å²) in [5.41, 5.74) is 5.76. The summed E-state index contributed by atoms with van der Waals surface area (Å²) in [6.07, 6.45) is 3.30. The maximum Gasteiger partial charge on any atom is 0.226 e. The summed E-state index contributed by atoms with van der Waals surface area (Å²) in [5, 5.41) is 0. The summed E-state index contributed by atoms with van der Waals surface area (Å²) >= 11 is 0. The fraction of sp³-hybridized carbons (Fsp3) is 0.933. The van der Waals surface area contributed by atoms with Crippen LogP contribution in [-0.2, 0) is 4.79 Å². The molecule has 4 heteroatoms. The summed E-state index contributed by atoms with van der Waals surface area (Å²) < 4.78 is 0. The van der Waals surface area contributed by atoms with Gasteiger partial charge in [0.15, 0.2) is 0 Å². The number of rotatable bonds is 6. The minimum atomic E-state index is -0.00346. The number of nitrogens with two attached hydrogens (primary N) is 1. The average Bonchev–Trinajstić information content (AvgIpc) is 2.37. The summed E-state index contributed by atoms with van der Waals surface area (Å²) in [7, 11) is 4.10. The lowest BCUT2D eigenvalue weighted by Gasteiger charge is -2.33. The summed E-state index contributed by atoms with van der Waals surface area (Å²) in [5.74, 6) is 1.41. The van der Waals surface area contributed by atoms with E-state index in [1.54, 1.807) is 0 Å². The first-order valence-corrected chi connectivity index (χ1v) is 7.57. The topological polar surface area (TPSA) is 49.6 Å². The molecule has 1 rings (SSSR count). The molecule has 4 nitrogen and oxygen atoms in total. The monoisotopic (exact) mass is 269 g/mol. The van der Waals surface area contributed by atoms with Gasteiger partial charge in [0.1, 0.15) is 0 Å². The second-order valence-corrected chi connectivity index (χ2v) is 6.53. The molecule has 1 unspecified atom stereocenters. The Morgan fingerprint density at radius 3 is 2.42 bits per heavy atom. The smallest absolute Gasteiger partial charge is 0.226 e. The third-order valence-corrected chi connectivity index (χ3v) is 4.14. The molecule has 1 aliphatic heterocycles. The van der Waals surface area contributed by atoms with Gasteiger partial charge in [0, 0.05) is 20.1 Å². The Balaban J connectivity index is 2.42. The summed E-state index contributed by atoms with van der Waals surface area (Å²) in [4.78, 5) is 16.7. The maximum atomic E-state index is 12.4. The fourth-order valence-electron chi connectivity index (χ4n) is 2.90. The Kier molecular flexibility index (Phi) is 6.80. The van der Waals surface area contributed by atoms with E-state index in [1.165, 1.54) is 12.8 Å². The van der Waals surface area contributed by atoms with Crippen molar-refractivity contribution in [1.29, 1.82) is 0 Å². The lowest BCUT2D eigenvalue weighted by atomic mass is 9.93. The highest BCUT2D eigenvalue weighted by atomic mass is 16.2. The molecular formula is C15H31N3O. The zero-order valence-corrected chi connectivity index (χ0v) is 13.1. The molecule has 0 bridgehead atoms. The van der Waals surface area contributed by atoms with Crippen molar-refractivity contribution in [2.45, 2.75) is 33.1 Å². The standard InChI is InChI=1S/C15H31N3O/c1-12(2)9-14(10-16)15(19)18(4)11-13-5-7-17(3)8-6-13/h12-14H,5-11,16H2,1-4H3. The molecule has 0 spiro atoms. The van der Waals surface area contributed by atoms with Gasteiger partial charge < -0.3 is 15.5 Å². The van der Waals surface area contributed by atoms with E-state index in [9.17, 15) is 4.79 Å². The van der Waals surface area contributed by atoms with E-state index in [0.717, 1.165) is 26.1 Å². The van der Waals surface area contributed by atoms with Crippen LogP contribution in [0, 0.1) is 17.8 Å². The normalized spacial score (nSPS) is 19.7. The minimum Gasteiger partial charge on any atom is -0.345 e. The number of amides is 1. The molecule has 0 aromatic rings. The van der Waals surface area contributed by atoms with Crippen LogP contribution in [0.25, 0.3) is 0 Å². The molecule has 19 heavy (non-hydrogen) atoms. The lowest BCUT2D eigenvalue weighted by Crippen LogP contribution is -2.42. The lowest BCUT2D eigenvalue weighted by molar-refractivity contribution is -0.135. The Labute approximate surface area is 118 Å². The fourth-order valence-corrected chi connectivity index (χ4v) is 2.90. The highest BCUT2D eigenvalue weighted by Crippen LogP contribution is 2.19. The van der Waals surface area contributed by atoms with Crippen LogP contribution in [0.5, 0.6) is 0 Å². The molecule has 0 aliphatic carbocycles. The van der Waals surface area contributed by atoms with Crippen LogP contribution in [0.2, 0.25) is 0 Å². The molecule has 1 saturated heterocycles. The number of hydrogen-bond acceptors (Lipinski definition) is 3. The van der Waals surface area contributed by atoms with Gasteiger partial charge in [-0.05, 0) is 51.2 Å². The largest absolute Gasteiger partial charge is 0.345 e. The maximum absolute atomic E-state index is 12.4. The van der Waals surface area contributed by atoms with E-state index in [0.29, 0.717) is 18.4 Å². The first-order chi connectivity index (χ1) is 8.93. The van der Waals surface area contributed by atoms with Gasteiger partial charge in [-0.15, -0.1) is 0 Å². The Morgan fingerprint density at radius 2 is 1.95 bits per heavy atom. The second-order valence-electron chi connectivity index (χ2n) is 6.53. The van der Waals surface area contributed by atoms with Gasteiger partial charge in [-0.25, -0.2) is 0 Å². The highest BCUT2D eigenvalue weighted by molar-refractivity contribution is 5.78. The molecule has 0 saturated carbocycles. The van der Waals surface area contributed by atoms with Crippen molar-refractivity contribution in [3.8, 4) is 0 Å². The van der Waals surface area contributed by atoms with Crippen molar-refractivity contribution in [2.24, 2.45) is 23.5 Å². The molecule has 1 amide bonds. The number of hydrogen-bond donors (Lipinski definition) is 1. The van der Waals surface area contributed by atoms with Gasteiger partial charge in [-0.1, -0.05) is 13.8 Å². The van der Waals surface area contributed by atoms with Crippen molar-refractivity contribution in [3.05, 3.63) is 0 Å². The number of carbonyl (C=O) groups is 1. The Hall–Kier alpha value is -0.610. The SMILES string of the molecule is CC(C)CC(CN)C(=O)N(C)CC1CCN(C)CC1. The van der Waals surface area contributed by atoms with Gasteiger partial charge in [0.2, 0.25) is 5.91 Å². The van der Waals surface area contributed by atoms with E-state index >= 15 is 0 Å². The zero-order valence-electron chi connectivity index (χ0n) is 13.1. The van der Waals surface area contributed by atoms with Crippen molar-refractivity contribution in [2.75, 3.05) is 40.3 Å². The number of likely N-dealkylation sites (tertiary alicyclic amines) is 1. The van der Waals surface area contributed by atoms with Crippen LogP contribution in [0.3, 0.4) is 0 Å². The Morgan fingerprint density at radius 1 is 1.37 bits per heavy atom.